The molecule has 1 aliphatic carbocycles. The topological polar surface area (TPSA) is 17.1 Å². The van der Waals surface area contributed by atoms with Gasteiger partial charge in [-0.15, -0.1) is 0 Å². The van der Waals surface area contributed by atoms with Crippen LogP contribution < -0.4 is 0 Å². The number of Topliss-reactive ketones (excluding diaryl/α,β-unsaturated/α-hetero) is 1. The Balaban J connectivity index is 2.27. The van der Waals surface area contributed by atoms with Gasteiger partial charge in [-0.25, -0.2) is 0 Å². The van der Waals surface area contributed by atoms with E-state index in [0.717, 1.165) is 11.1 Å². The zero-order chi connectivity index (χ0) is 12.8. The lowest BCUT2D eigenvalue weighted by Gasteiger charge is -2.24. The van der Waals surface area contributed by atoms with Crippen molar-refractivity contribution in [2.75, 3.05) is 0 Å². The number of carbonyl (C=O) groups is 1. The maximum Gasteiger partial charge on any atom is 0.154 e. The van der Waals surface area contributed by atoms with Gasteiger partial charge in [0.05, 0.1) is 5.41 Å². The summed E-state index contributed by atoms with van der Waals surface area (Å²) in [6.45, 7) is 4.06. The molecular formula is C17H16O. The van der Waals surface area contributed by atoms with E-state index >= 15 is 0 Å². The molecule has 2 aromatic rings. The number of fused-ring (bicyclic) bond motifs is 1. The fourth-order valence-electron chi connectivity index (χ4n) is 3.11. The molecule has 0 radical (unpaired) electrons. The first-order valence-corrected chi connectivity index (χ1v) is 6.35. The molecule has 18 heavy (non-hydrogen) atoms. The molecule has 1 nitrogen and oxygen atoms in total. The van der Waals surface area contributed by atoms with Crippen LogP contribution in [0.25, 0.3) is 0 Å². The Labute approximate surface area is 107 Å². The second kappa shape index (κ2) is 3.81. The summed E-state index contributed by atoms with van der Waals surface area (Å²) >= 11 is 0. The molecule has 0 aliphatic heterocycles. The van der Waals surface area contributed by atoms with Crippen molar-refractivity contribution in [3.63, 3.8) is 0 Å². The van der Waals surface area contributed by atoms with Crippen molar-refractivity contribution >= 4 is 5.78 Å². The Bertz CT molecular complexity index is 600. The summed E-state index contributed by atoms with van der Waals surface area (Å²) in [4.78, 5) is 12.7. The maximum atomic E-state index is 12.7. The number of ketones is 1. The van der Waals surface area contributed by atoms with Crippen LogP contribution in [0.15, 0.2) is 54.6 Å². The summed E-state index contributed by atoms with van der Waals surface area (Å²) in [5, 5.41) is 0. The molecule has 1 aliphatic rings. The van der Waals surface area contributed by atoms with E-state index in [-0.39, 0.29) is 5.92 Å². The van der Waals surface area contributed by atoms with E-state index in [9.17, 15) is 4.79 Å². The van der Waals surface area contributed by atoms with Gasteiger partial charge in [0.1, 0.15) is 0 Å². The molecule has 0 bridgehead atoms. The van der Waals surface area contributed by atoms with Gasteiger partial charge in [0.15, 0.2) is 5.78 Å². The van der Waals surface area contributed by atoms with Gasteiger partial charge in [0.2, 0.25) is 0 Å². The first kappa shape index (κ1) is 11.2. The summed E-state index contributed by atoms with van der Waals surface area (Å²) in [5.41, 5.74) is 2.94. The van der Waals surface area contributed by atoms with E-state index in [2.05, 4.69) is 12.1 Å². The van der Waals surface area contributed by atoms with Crippen LogP contribution in [-0.4, -0.2) is 5.78 Å². The van der Waals surface area contributed by atoms with Crippen LogP contribution in [0, 0.1) is 0 Å². The van der Waals surface area contributed by atoms with Crippen molar-refractivity contribution in [1.82, 2.24) is 0 Å². The molecule has 2 aromatic carbocycles. The van der Waals surface area contributed by atoms with Gasteiger partial charge in [-0.3, -0.25) is 4.79 Å². The summed E-state index contributed by atoms with van der Waals surface area (Å²) in [7, 11) is 0. The zero-order valence-corrected chi connectivity index (χ0v) is 10.7. The molecule has 0 heterocycles. The number of hydrogen-bond donors (Lipinski definition) is 0. The predicted octanol–water partition coefficient (Wildman–Crippen LogP) is 3.68. The first-order valence-electron chi connectivity index (χ1n) is 6.35. The molecule has 1 unspecified atom stereocenters. The Morgan fingerprint density at radius 3 is 2.28 bits per heavy atom. The van der Waals surface area contributed by atoms with E-state index < -0.39 is 5.41 Å². The van der Waals surface area contributed by atoms with E-state index in [4.69, 9.17) is 0 Å². The lowest BCUT2D eigenvalue weighted by atomic mass is 9.76. The van der Waals surface area contributed by atoms with Crippen molar-refractivity contribution in [1.29, 1.82) is 0 Å². The predicted molar refractivity (Wildman–Crippen MR) is 72.8 cm³/mol. The van der Waals surface area contributed by atoms with Crippen molar-refractivity contribution in [2.45, 2.75) is 25.2 Å². The molecular weight excluding hydrogens is 220 g/mol. The molecule has 1 heteroatoms. The van der Waals surface area contributed by atoms with Crippen LogP contribution in [0.3, 0.4) is 0 Å². The van der Waals surface area contributed by atoms with Gasteiger partial charge in [-0.05, 0) is 23.6 Å². The smallest absolute Gasteiger partial charge is 0.154 e. The highest BCUT2D eigenvalue weighted by Gasteiger charge is 2.47. The van der Waals surface area contributed by atoms with Crippen molar-refractivity contribution in [3.8, 4) is 0 Å². The van der Waals surface area contributed by atoms with Gasteiger partial charge in [0.25, 0.3) is 0 Å². The summed E-state index contributed by atoms with van der Waals surface area (Å²) in [5.74, 6) is 0.293. The van der Waals surface area contributed by atoms with Gasteiger partial charge in [-0.2, -0.15) is 0 Å². The van der Waals surface area contributed by atoms with Crippen LogP contribution in [0.1, 0.15) is 36.5 Å². The number of hydrogen-bond acceptors (Lipinski definition) is 1. The lowest BCUT2D eigenvalue weighted by molar-refractivity contribution is -0.122. The Hall–Kier alpha value is -1.89. The highest BCUT2D eigenvalue weighted by Crippen LogP contribution is 2.46. The minimum Gasteiger partial charge on any atom is -0.298 e. The van der Waals surface area contributed by atoms with Crippen LogP contribution >= 0.6 is 0 Å². The van der Waals surface area contributed by atoms with E-state index in [1.54, 1.807) is 0 Å². The van der Waals surface area contributed by atoms with Crippen molar-refractivity contribution in [2.24, 2.45) is 0 Å². The average Bonchev–Trinajstić information content (AvgIpc) is 2.64. The zero-order valence-electron chi connectivity index (χ0n) is 10.7. The molecule has 0 fully saturated rings. The van der Waals surface area contributed by atoms with Crippen LogP contribution in [0.5, 0.6) is 0 Å². The molecule has 0 aromatic heterocycles. The summed E-state index contributed by atoms with van der Waals surface area (Å²) in [6.07, 6.45) is 0. The van der Waals surface area contributed by atoms with E-state index in [1.807, 2.05) is 56.3 Å². The van der Waals surface area contributed by atoms with Crippen LogP contribution in [0.2, 0.25) is 0 Å². The Morgan fingerprint density at radius 2 is 1.56 bits per heavy atom. The summed E-state index contributed by atoms with van der Waals surface area (Å²) < 4.78 is 0. The molecule has 0 amide bonds. The van der Waals surface area contributed by atoms with Gasteiger partial charge in [-0.1, -0.05) is 61.5 Å². The third-order valence-corrected chi connectivity index (χ3v) is 4.20. The van der Waals surface area contributed by atoms with Gasteiger partial charge >= 0.3 is 0 Å². The third kappa shape index (κ3) is 1.30. The van der Waals surface area contributed by atoms with Crippen LogP contribution in [-0.2, 0) is 10.2 Å². The van der Waals surface area contributed by atoms with Crippen molar-refractivity contribution in [3.05, 3.63) is 71.3 Å². The van der Waals surface area contributed by atoms with Crippen molar-refractivity contribution < 1.29 is 4.79 Å². The monoisotopic (exact) mass is 236 g/mol. The molecule has 0 saturated heterocycles. The van der Waals surface area contributed by atoms with E-state index in [1.165, 1.54) is 5.56 Å². The highest BCUT2D eigenvalue weighted by atomic mass is 16.1. The molecule has 3 rings (SSSR count). The molecule has 90 valence electrons. The average molecular weight is 236 g/mol. The number of benzene rings is 2. The quantitative estimate of drug-likeness (QED) is 0.738. The normalized spacial score (nSPS) is 26.1. The lowest BCUT2D eigenvalue weighted by Crippen LogP contribution is -2.30. The largest absolute Gasteiger partial charge is 0.298 e. The molecule has 0 spiro atoms. The SMILES string of the molecule is CC1C(=O)[C@@](C)(c2ccccc2)c2ccccc21. The molecule has 0 saturated carbocycles. The third-order valence-electron chi connectivity index (χ3n) is 4.20. The van der Waals surface area contributed by atoms with Gasteiger partial charge in [0, 0.05) is 5.92 Å². The maximum absolute atomic E-state index is 12.7. The second-order valence-electron chi connectivity index (χ2n) is 5.16. The number of rotatable bonds is 1. The number of carbonyl (C=O) groups excluding carboxylic acids is 1. The second-order valence-corrected chi connectivity index (χ2v) is 5.16. The van der Waals surface area contributed by atoms with E-state index in [0.29, 0.717) is 5.78 Å². The van der Waals surface area contributed by atoms with Crippen LogP contribution in [0.4, 0.5) is 0 Å². The Morgan fingerprint density at radius 1 is 0.944 bits per heavy atom. The fraction of sp³-hybridized carbons (Fsp3) is 0.235. The molecule has 0 N–H and O–H groups in total. The standard InChI is InChI=1S/C17H16O/c1-12-14-10-6-7-11-15(14)17(2,16(12)18)13-8-4-3-5-9-13/h3-12H,1-2H3/t12?,17-/m0/s1. The first-order chi connectivity index (χ1) is 8.65. The minimum absolute atomic E-state index is 0.00796. The molecule has 2 atom stereocenters. The minimum atomic E-state index is -0.489. The van der Waals surface area contributed by atoms with Gasteiger partial charge < -0.3 is 0 Å². The summed E-state index contributed by atoms with van der Waals surface area (Å²) in [6, 6.07) is 18.3. The fourth-order valence-corrected chi connectivity index (χ4v) is 3.11. The highest BCUT2D eigenvalue weighted by molar-refractivity contribution is 6.02. The Kier molecular flexibility index (Phi) is 2.37.